The molecule has 1 aliphatic rings. The number of hydrogen-bond acceptors (Lipinski definition) is 1. The third kappa shape index (κ3) is 3.36. The lowest BCUT2D eigenvalue weighted by Gasteiger charge is -2.31. The van der Waals surface area contributed by atoms with Gasteiger partial charge >= 0.3 is 0 Å². The first-order valence-corrected chi connectivity index (χ1v) is 7.30. The second kappa shape index (κ2) is 5.24. The third-order valence-corrected chi connectivity index (χ3v) is 4.66. The quantitative estimate of drug-likeness (QED) is 0.733. The highest BCUT2D eigenvalue weighted by atomic mass is 19.1. The largest absolute Gasteiger partial charge is 0.385 e. The maximum absolute atomic E-state index is 13.0. The van der Waals surface area contributed by atoms with Crippen molar-refractivity contribution in [1.82, 2.24) is 0 Å². The maximum atomic E-state index is 13.0. The molecule has 1 N–H and O–H groups in total. The monoisotopic (exact) mass is 264 g/mol. The normalized spacial score (nSPS) is 29.0. The first kappa shape index (κ1) is 14.5. The van der Waals surface area contributed by atoms with Crippen molar-refractivity contribution < 1.29 is 9.50 Å². The molecule has 0 heterocycles. The molecule has 1 aromatic rings. The Balaban J connectivity index is 2.15. The second-order valence-corrected chi connectivity index (χ2v) is 7.03. The van der Waals surface area contributed by atoms with E-state index in [0.29, 0.717) is 11.3 Å². The smallest absolute Gasteiger partial charge is 0.123 e. The van der Waals surface area contributed by atoms with Gasteiger partial charge in [-0.15, -0.1) is 0 Å². The van der Waals surface area contributed by atoms with Gasteiger partial charge in [-0.1, -0.05) is 32.9 Å². The van der Waals surface area contributed by atoms with E-state index < -0.39 is 5.60 Å². The zero-order valence-corrected chi connectivity index (χ0v) is 12.2. The average Bonchev–Trinajstić information content (AvgIpc) is 2.52. The van der Waals surface area contributed by atoms with Crippen molar-refractivity contribution in [2.45, 2.75) is 58.5 Å². The second-order valence-electron chi connectivity index (χ2n) is 7.03. The molecule has 0 amide bonds. The van der Waals surface area contributed by atoms with Crippen LogP contribution in [0.3, 0.4) is 0 Å². The van der Waals surface area contributed by atoms with Gasteiger partial charge in [0.05, 0.1) is 5.60 Å². The van der Waals surface area contributed by atoms with Crippen LogP contribution in [0, 0.1) is 17.2 Å². The lowest BCUT2D eigenvalue weighted by atomic mass is 9.76. The SMILES string of the molecule is CC(C)(C)C1CCCC(O)(c2ccc(F)cc2)CC1. The van der Waals surface area contributed by atoms with Crippen LogP contribution < -0.4 is 0 Å². The summed E-state index contributed by atoms with van der Waals surface area (Å²) in [4.78, 5) is 0. The Morgan fingerprint density at radius 3 is 2.32 bits per heavy atom. The molecule has 0 bridgehead atoms. The van der Waals surface area contributed by atoms with Crippen molar-refractivity contribution in [3.8, 4) is 0 Å². The Labute approximate surface area is 115 Å². The molecule has 2 atom stereocenters. The summed E-state index contributed by atoms with van der Waals surface area (Å²) in [6.45, 7) is 6.83. The third-order valence-electron chi connectivity index (χ3n) is 4.66. The van der Waals surface area contributed by atoms with Crippen LogP contribution in [0.5, 0.6) is 0 Å². The van der Waals surface area contributed by atoms with E-state index in [1.807, 2.05) is 0 Å². The van der Waals surface area contributed by atoms with E-state index in [-0.39, 0.29) is 5.82 Å². The van der Waals surface area contributed by atoms with Crippen molar-refractivity contribution in [1.29, 1.82) is 0 Å². The van der Waals surface area contributed by atoms with Crippen molar-refractivity contribution in [3.63, 3.8) is 0 Å². The van der Waals surface area contributed by atoms with Gasteiger partial charge in [0.2, 0.25) is 0 Å². The Morgan fingerprint density at radius 1 is 1.11 bits per heavy atom. The van der Waals surface area contributed by atoms with Crippen molar-refractivity contribution in [3.05, 3.63) is 35.6 Å². The summed E-state index contributed by atoms with van der Waals surface area (Å²) in [5.41, 5.74) is 0.394. The van der Waals surface area contributed by atoms with Crippen LogP contribution in [0.25, 0.3) is 0 Å². The molecule has 0 saturated heterocycles. The Bertz CT molecular complexity index is 418. The minimum absolute atomic E-state index is 0.242. The van der Waals surface area contributed by atoms with Crippen LogP contribution >= 0.6 is 0 Å². The van der Waals surface area contributed by atoms with E-state index in [1.54, 1.807) is 12.1 Å². The standard InChI is InChI=1S/C17H25FO/c1-16(2,3)13-5-4-11-17(19,12-10-13)14-6-8-15(18)9-7-14/h6-9,13,19H,4-5,10-12H2,1-3H3. The molecule has 2 heteroatoms. The summed E-state index contributed by atoms with van der Waals surface area (Å²) in [7, 11) is 0. The van der Waals surface area contributed by atoms with E-state index in [0.717, 1.165) is 31.2 Å². The van der Waals surface area contributed by atoms with Gasteiger partial charge in [0.15, 0.2) is 0 Å². The fourth-order valence-electron chi connectivity index (χ4n) is 3.24. The van der Waals surface area contributed by atoms with Crippen LogP contribution in [0.1, 0.15) is 58.4 Å². The zero-order valence-electron chi connectivity index (χ0n) is 12.2. The highest BCUT2D eigenvalue weighted by Gasteiger charge is 2.35. The molecule has 1 aromatic carbocycles. The molecule has 1 saturated carbocycles. The van der Waals surface area contributed by atoms with Gasteiger partial charge in [-0.3, -0.25) is 0 Å². The lowest BCUT2D eigenvalue weighted by Crippen LogP contribution is -2.25. The van der Waals surface area contributed by atoms with Crippen LogP contribution in [0.15, 0.2) is 24.3 Å². The topological polar surface area (TPSA) is 20.2 Å². The highest BCUT2D eigenvalue weighted by molar-refractivity contribution is 5.23. The van der Waals surface area contributed by atoms with Crippen molar-refractivity contribution in [2.75, 3.05) is 0 Å². The van der Waals surface area contributed by atoms with Crippen LogP contribution in [-0.4, -0.2) is 5.11 Å². The molecular formula is C17H25FO. The van der Waals surface area contributed by atoms with E-state index in [1.165, 1.54) is 18.6 Å². The molecule has 1 nitrogen and oxygen atoms in total. The molecule has 2 unspecified atom stereocenters. The molecule has 0 aromatic heterocycles. The number of halogens is 1. The number of hydrogen-bond donors (Lipinski definition) is 1. The van der Waals surface area contributed by atoms with E-state index >= 15 is 0 Å². The summed E-state index contributed by atoms with van der Waals surface area (Å²) in [5, 5.41) is 10.9. The summed E-state index contributed by atoms with van der Waals surface area (Å²) < 4.78 is 13.0. The van der Waals surface area contributed by atoms with Gasteiger partial charge in [-0.25, -0.2) is 4.39 Å². The van der Waals surface area contributed by atoms with Crippen molar-refractivity contribution >= 4 is 0 Å². The predicted octanol–water partition coefficient (Wildman–Crippen LogP) is 4.64. The van der Waals surface area contributed by atoms with Crippen LogP contribution in [0.2, 0.25) is 0 Å². The molecule has 2 rings (SSSR count). The van der Waals surface area contributed by atoms with Gasteiger partial charge in [-0.05, 0) is 61.1 Å². The molecule has 19 heavy (non-hydrogen) atoms. The van der Waals surface area contributed by atoms with E-state index in [9.17, 15) is 9.50 Å². The van der Waals surface area contributed by atoms with Gasteiger partial charge in [0.1, 0.15) is 5.82 Å². The molecule has 0 radical (unpaired) electrons. The van der Waals surface area contributed by atoms with Gasteiger partial charge < -0.3 is 5.11 Å². The average molecular weight is 264 g/mol. The number of aliphatic hydroxyl groups is 1. The van der Waals surface area contributed by atoms with E-state index in [4.69, 9.17) is 0 Å². The van der Waals surface area contributed by atoms with E-state index in [2.05, 4.69) is 20.8 Å². The zero-order chi connectivity index (χ0) is 14.1. The fraction of sp³-hybridized carbons (Fsp3) is 0.647. The number of rotatable bonds is 1. The molecule has 106 valence electrons. The summed E-state index contributed by atoms with van der Waals surface area (Å²) in [6, 6.07) is 6.35. The summed E-state index contributed by atoms with van der Waals surface area (Å²) >= 11 is 0. The fourth-order valence-corrected chi connectivity index (χ4v) is 3.24. The molecular weight excluding hydrogens is 239 g/mol. The first-order chi connectivity index (χ1) is 8.81. The van der Waals surface area contributed by atoms with Gasteiger partial charge in [0.25, 0.3) is 0 Å². The molecule has 0 spiro atoms. The molecule has 1 fully saturated rings. The Kier molecular flexibility index (Phi) is 4.00. The molecule has 0 aliphatic heterocycles. The summed E-state index contributed by atoms with van der Waals surface area (Å²) in [6.07, 6.45) is 4.81. The van der Waals surface area contributed by atoms with Crippen molar-refractivity contribution in [2.24, 2.45) is 11.3 Å². The lowest BCUT2D eigenvalue weighted by molar-refractivity contribution is 0.0179. The first-order valence-electron chi connectivity index (χ1n) is 7.30. The van der Waals surface area contributed by atoms with Gasteiger partial charge in [0, 0.05) is 0 Å². The summed E-state index contributed by atoms with van der Waals surface area (Å²) in [5.74, 6) is 0.413. The maximum Gasteiger partial charge on any atom is 0.123 e. The highest BCUT2D eigenvalue weighted by Crippen LogP contribution is 2.43. The van der Waals surface area contributed by atoms with Crippen LogP contribution in [0.4, 0.5) is 4.39 Å². The minimum Gasteiger partial charge on any atom is -0.385 e. The van der Waals surface area contributed by atoms with Crippen LogP contribution in [-0.2, 0) is 5.60 Å². The molecule has 1 aliphatic carbocycles. The minimum atomic E-state index is -0.770. The number of benzene rings is 1. The predicted molar refractivity (Wildman–Crippen MR) is 76.3 cm³/mol. The Hall–Kier alpha value is -0.890. The Morgan fingerprint density at radius 2 is 1.74 bits per heavy atom. The van der Waals surface area contributed by atoms with Gasteiger partial charge in [-0.2, -0.15) is 0 Å².